The maximum absolute atomic E-state index is 9.50. The van der Waals surface area contributed by atoms with Crippen LogP contribution in [0.4, 0.5) is 0 Å². The molecule has 0 aliphatic heterocycles. The third-order valence-corrected chi connectivity index (χ3v) is 10.4. The maximum Gasteiger partial charge on any atom is 0.143 e. The van der Waals surface area contributed by atoms with E-state index in [2.05, 4.69) is 0 Å². The van der Waals surface area contributed by atoms with Crippen LogP contribution in [0.15, 0.2) is 210 Å². The van der Waals surface area contributed by atoms with Gasteiger partial charge in [0.1, 0.15) is 11.2 Å². The zero-order chi connectivity index (χ0) is 55.7. The van der Waals surface area contributed by atoms with E-state index in [9.17, 15) is 11.0 Å². The highest BCUT2D eigenvalue weighted by molar-refractivity contribution is 6.24. The van der Waals surface area contributed by atoms with Crippen molar-refractivity contribution in [3.63, 3.8) is 0 Å². The van der Waals surface area contributed by atoms with Crippen molar-refractivity contribution < 1.29 is 33.2 Å². The lowest BCUT2D eigenvalue weighted by atomic mass is 9.84. The van der Waals surface area contributed by atoms with Gasteiger partial charge < -0.3 is 4.42 Å². The molecule has 0 saturated carbocycles. The molecule has 1 heteroatoms. The minimum Gasteiger partial charge on any atom is -0.455 e. The van der Waals surface area contributed by atoms with Gasteiger partial charge in [-0.25, -0.2) is 0 Å². The fraction of sp³-hybridized carbons (Fsp3) is 0. The molecule has 0 amide bonds. The normalized spacial score (nSPS) is 17.0. The van der Waals surface area contributed by atoms with Crippen LogP contribution in [0, 0.1) is 0 Å². The lowest BCUT2D eigenvalue weighted by Gasteiger charge is -2.19. The third-order valence-electron chi connectivity index (χ3n) is 10.4. The summed E-state index contributed by atoms with van der Waals surface area (Å²) < 4.78 is 195. The topological polar surface area (TPSA) is 13.1 Å². The monoisotopic (exact) mass is 743 g/mol. The molecule has 1 aromatic heterocycles. The molecule has 264 valence electrons. The van der Waals surface area contributed by atoms with E-state index in [1.54, 1.807) is 42.5 Å². The largest absolute Gasteiger partial charge is 0.455 e. The molecule has 0 spiro atoms. The molecule has 1 heterocycles. The number of benzene rings is 11. The molecule has 0 aliphatic rings. The Morgan fingerprint density at radius 2 is 0.982 bits per heavy atom. The molecule has 0 unspecified atom stereocenters. The van der Waals surface area contributed by atoms with Gasteiger partial charge in [-0.1, -0.05) is 175 Å². The first-order chi connectivity index (χ1) is 37.0. The summed E-state index contributed by atoms with van der Waals surface area (Å²) in [5, 5.41) is 1.22. The molecule has 57 heavy (non-hydrogen) atoms. The Balaban J connectivity index is 1.14. The lowest BCUT2D eigenvalue weighted by molar-refractivity contribution is 0.670. The van der Waals surface area contributed by atoms with Crippen molar-refractivity contribution in [2.45, 2.75) is 0 Å². The molecule has 0 fully saturated rings. The van der Waals surface area contributed by atoms with Crippen molar-refractivity contribution in [2.75, 3.05) is 0 Å². The minimum atomic E-state index is -0.753. The number of hydrogen-bond donors (Lipinski definition) is 0. The Morgan fingerprint density at radius 3 is 1.81 bits per heavy atom. The molecule has 0 atom stereocenters. The first-order valence-electron chi connectivity index (χ1n) is 28.5. The van der Waals surface area contributed by atoms with Crippen molar-refractivity contribution in [1.29, 1.82) is 0 Å². The highest BCUT2D eigenvalue weighted by Crippen LogP contribution is 2.46. The summed E-state index contributed by atoms with van der Waals surface area (Å²) in [6, 6.07) is 10.0. The number of furan rings is 1. The van der Waals surface area contributed by atoms with E-state index in [4.69, 9.17) is 22.2 Å². The van der Waals surface area contributed by atoms with Crippen LogP contribution in [-0.2, 0) is 0 Å². The van der Waals surface area contributed by atoms with E-state index < -0.39 is 154 Å². The van der Waals surface area contributed by atoms with Crippen LogP contribution >= 0.6 is 0 Å². The van der Waals surface area contributed by atoms with Gasteiger partial charge in [0.25, 0.3) is 0 Å². The van der Waals surface area contributed by atoms with Gasteiger partial charge in [0.2, 0.25) is 0 Å². The summed E-state index contributed by atoms with van der Waals surface area (Å²) in [6.07, 6.45) is 0. The Bertz CT molecular complexity index is 4730. The van der Waals surface area contributed by atoms with Crippen LogP contribution in [0.3, 0.4) is 0 Å². The second kappa shape index (κ2) is 12.5. The Labute approximate surface area is 359 Å². The van der Waals surface area contributed by atoms with E-state index in [0.717, 1.165) is 10.8 Å². The fourth-order valence-corrected chi connectivity index (χ4v) is 7.84. The molecule has 12 aromatic rings. The number of hydrogen-bond acceptors (Lipinski definition) is 1. The van der Waals surface area contributed by atoms with Gasteiger partial charge in [0.15, 0.2) is 0 Å². The Morgan fingerprint density at radius 1 is 0.333 bits per heavy atom. The second-order valence-corrected chi connectivity index (χ2v) is 13.6. The molecular weight excluding hydrogens is 689 g/mol. The smallest absolute Gasteiger partial charge is 0.143 e. The Hall–Kier alpha value is -7.48. The number of para-hydroxylation sites is 1. The third kappa shape index (κ3) is 5.03. The van der Waals surface area contributed by atoms with Crippen LogP contribution in [-0.4, -0.2) is 0 Å². The lowest BCUT2D eigenvalue weighted by Crippen LogP contribution is -1.92. The fourth-order valence-electron chi connectivity index (χ4n) is 7.84. The van der Waals surface area contributed by atoms with E-state index >= 15 is 0 Å². The molecule has 1 nitrogen and oxygen atoms in total. The predicted molar refractivity (Wildman–Crippen MR) is 243 cm³/mol. The van der Waals surface area contributed by atoms with Crippen LogP contribution in [0.5, 0.6) is 0 Å². The van der Waals surface area contributed by atoms with E-state index in [0.29, 0.717) is 21.9 Å². The maximum atomic E-state index is 9.50. The molecular formula is C56H34O. The molecule has 0 aliphatic carbocycles. The summed E-state index contributed by atoms with van der Waals surface area (Å²) in [4.78, 5) is 0. The van der Waals surface area contributed by atoms with Gasteiger partial charge in [-0.3, -0.25) is 0 Å². The standard InChI is InChI=1S/C56H34O/c1-3-13-37-31-39(25-23-35(37)11-1)40-27-30-46-52-22-10-20-45(56(52)57-53(46)34-40)42-28-29-44-41(33-42)15-9-21-47(44)55-50-18-7-5-16-48(50)54(49-17-6-8-19-51(49)55)43-26-24-36-12-2-4-14-38(36)32-43/h1-34H/i1D,3D,5D,6D,7D,8D,10D,11D,13D,16D,17D,18D,19D,20D,22D,23D,25D,27D,30D,31D,34D. The van der Waals surface area contributed by atoms with Crippen LogP contribution < -0.4 is 0 Å². The highest BCUT2D eigenvalue weighted by atomic mass is 16.3. The molecule has 0 saturated heterocycles. The van der Waals surface area contributed by atoms with E-state index in [-0.39, 0.29) is 60.2 Å². The Kier molecular flexibility index (Phi) is 3.86. The first-order valence-corrected chi connectivity index (χ1v) is 18.0. The molecule has 12 rings (SSSR count). The van der Waals surface area contributed by atoms with Crippen molar-refractivity contribution in [2.24, 2.45) is 0 Å². The van der Waals surface area contributed by atoms with Crippen LogP contribution in [0.25, 0.3) is 120 Å². The summed E-state index contributed by atoms with van der Waals surface area (Å²) in [5.74, 6) is 0. The second-order valence-electron chi connectivity index (χ2n) is 13.6. The van der Waals surface area contributed by atoms with E-state index in [1.165, 1.54) is 0 Å². The zero-order valence-corrected chi connectivity index (χ0v) is 29.4. The van der Waals surface area contributed by atoms with Gasteiger partial charge in [0.05, 0.1) is 28.8 Å². The minimum absolute atomic E-state index is 0.00627. The first kappa shape index (κ1) is 17.5. The van der Waals surface area contributed by atoms with Gasteiger partial charge in [0, 0.05) is 16.3 Å². The molecule has 11 aromatic carbocycles. The quantitative estimate of drug-likeness (QED) is 0.164. The van der Waals surface area contributed by atoms with Crippen LogP contribution in [0.2, 0.25) is 0 Å². The van der Waals surface area contributed by atoms with Crippen LogP contribution in [0.1, 0.15) is 28.8 Å². The van der Waals surface area contributed by atoms with Gasteiger partial charge >= 0.3 is 0 Å². The predicted octanol–water partition coefficient (Wildman–Crippen LogP) is 16.0. The van der Waals surface area contributed by atoms with Crippen molar-refractivity contribution in [3.05, 3.63) is 206 Å². The summed E-state index contributed by atoms with van der Waals surface area (Å²) in [7, 11) is 0. The average molecular weight is 744 g/mol. The van der Waals surface area contributed by atoms with E-state index in [1.807, 2.05) is 36.4 Å². The van der Waals surface area contributed by atoms with Gasteiger partial charge in [-0.05, 0) is 123 Å². The molecule has 0 bridgehead atoms. The molecule has 0 N–H and O–H groups in total. The summed E-state index contributed by atoms with van der Waals surface area (Å²) in [6.45, 7) is 0. The van der Waals surface area contributed by atoms with Crippen molar-refractivity contribution in [3.8, 4) is 44.5 Å². The van der Waals surface area contributed by atoms with Crippen molar-refractivity contribution in [1.82, 2.24) is 0 Å². The average Bonchev–Trinajstić information content (AvgIpc) is 3.96. The summed E-state index contributed by atoms with van der Waals surface area (Å²) >= 11 is 0. The van der Waals surface area contributed by atoms with Gasteiger partial charge in [-0.2, -0.15) is 0 Å². The highest BCUT2D eigenvalue weighted by Gasteiger charge is 2.19. The SMILES string of the molecule is [2H]c1c([2H])c([2H])c2c(oc3c([2H])c(-c4c([2H])c([2H])c5c([2H])c([2H])c([2H])c([2H])c5c4[2H])c([2H])c([2H])c32)c1-c1ccc2c(-c3c4c([2H])c([2H])c([2H])c([2H])c4c(-c4ccc5ccccc5c4)c4c([2H])c([2H])c([2H])c([2H])c34)cccc2c1. The zero-order valence-electron chi connectivity index (χ0n) is 50.4. The van der Waals surface area contributed by atoms with Gasteiger partial charge in [-0.15, -0.1) is 0 Å². The molecule has 0 radical (unpaired) electrons. The number of fused-ring (bicyclic) bond motifs is 8. The number of rotatable bonds is 4. The summed E-state index contributed by atoms with van der Waals surface area (Å²) in [5.41, 5.74) is -0.543. The van der Waals surface area contributed by atoms with Crippen molar-refractivity contribution >= 4 is 75.8 Å².